The molecule has 0 radical (unpaired) electrons. The van der Waals surface area contributed by atoms with Crippen molar-refractivity contribution < 1.29 is 5.11 Å². The number of nitrogens with zero attached hydrogens (tertiary/aromatic N) is 1. The predicted molar refractivity (Wildman–Crippen MR) is 217 cm³/mol. The van der Waals surface area contributed by atoms with E-state index in [4.69, 9.17) is 6.42 Å². The lowest BCUT2D eigenvalue weighted by Gasteiger charge is -2.32. The minimum Gasteiger partial charge on any atom is -0.508 e. The van der Waals surface area contributed by atoms with Crippen LogP contribution in [0.3, 0.4) is 0 Å². The number of allylic oxidation sites excluding steroid dienone is 4. The molecule has 2 heteroatoms. The van der Waals surface area contributed by atoms with E-state index in [1.807, 2.05) is 24.3 Å². The van der Waals surface area contributed by atoms with Crippen LogP contribution in [0, 0.1) is 12.3 Å². The van der Waals surface area contributed by atoms with Gasteiger partial charge in [0.25, 0.3) is 0 Å². The van der Waals surface area contributed by atoms with E-state index < -0.39 is 5.41 Å². The number of terminal acetylenes is 1. The van der Waals surface area contributed by atoms with Crippen LogP contribution in [0.2, 0.25) is 0 Å². The fourth-order valence-corrected chi connectivity index (χ4v) is 8.33. The number of hydrogen-bond acceptors (Lipinski definition) is 1. The molecule has 0 fully saturated rings. The van der Waals surface area contributed by atoms with Gasteiger partial charge in [0.2, 0.25) is 0 Å². The van der Waals surface area contributed by atoms with E-state index in [2.05, 4.69) is 162 Å². The Hall–Kier alpha value is -6.82. The second-order valence-corrected chi connectivity index (χ2v) is 13.4. The number of benzene rings is 7. The summed E-state index contributed by atoms with van der Waals surface area (Å²) >= 11 is 0. The number of aromatic hydroxyl groups is 1. The summed E-state index contributed by atoms with van der Waals surface area (Å²) in [4.78, 5) is 0. The molecule has 1 aliphatic carbocycles. The van der Waals surface area contributed by atoms with E-state index in [-0.39, 0.29) is 5.75 Å². The summed E-state index contributed by atoms with van der Waals surface area (Å²) in [5.74, 6) is 2.87. The number of para-hydroxylation sites is 2. The Labute approximate surface area is 304 Å². The first-order valence-corrected chi connectivity index (χ1v) is 17.7. The quantitative estimate of drug-likeness (QED) is 0.133. The third kappa shape index (κ3) is 4.98. The van der Waals surface area contributed by atoms with Crippen LogP contribution in [0.4, 0.5) is 0 Å². The Morgan fingerprint density at radius 1 is 0.538 bits per heavy atom. The van der Waals surface area contributed by atoms with Crippen molar-refractivity contribution in [1.29, 1.82) is 0 Å². The number of rotatable bonds is 7. The summed E-state index contributed by atoms with van der Waals surface area (Å²) < 4.78 is 2.43. The molecule has 2 nitrogen and oxygen atoms in total. The second kappa shape index (κ2) is 12.8. The van der Waals surface area contributed by atoms with Crippen molar-refractivity contribution in [2.75, 3.05) is 0 Å². The summed E-state index contributed by atoms with van der Waals surface area (Å²) in [6, 6.07) is 58.1. The lowest BCUT2D eigenvalue weighted by Crippen LogP contribution is -2.26. The highest BCUT2D eigenvalue weighted by molar-refractivity contribution is 6.12. The van der Waals surface area contributed by atoms with Gasteiger partial charge in [-0.1, -0.05) is 145 Å². The molecule has 0 saturated heterocycles. The van der Waals surface area contributed by atoms with Crippen molar-refractivity contribution in [3.63, 3.8) is 0 Å². The topological polar surface area (TPSA) is 25.2 Å². The lowest BCUT2D eigenvalue weighted by atomic mass is 9.69. The van der Waals surface area contributed by atoms with Crippen LogP contribution in [0.25, 0.3) is 60.9 Å². The number of phenols is 1. The smallest absolute Gasteiger partial charge is 0.120 e. The van der Waals surface area contributed by atoms with E-state index in [9.17, 15) is 5.11 Å². The van der Waals surface area contributed by atoms with Crippen LogP contribution in [0.5, 0.6) is 5.75 Å². The van der Waals surface area contributed by atoms with Gasteiger partial charge in [-0.15, -0.1) is 6.42 Å². The molecule has 0 aliphatic heterocycles. The normalized spacial score (nSPS) is 15.0. The largest absolute Gasteiger partial charge is 0.508 e. The molecule has 0 spiro atoms. The Morgan fingerprint density at radius 3 is 1.88 bits per heavy atom. The molecule has 1 aliphatic rings. The standard InChI is InChI=1S/C50H35NO/c1-2-3-4-5-18-29-50(45-26-15-17-28-49(45)52)44-25-14-12-23-40(44)42-34-48-43(33-46(42)50)41-24-13-16-27-47(41)51(48)39-31-37(35-19-8-6-9-20-35)30-38(32-39)36-21-10-7-11-22-36/h1,3-28,30-34,52H,29H2/b4-3-,18-5-. The summed E-state index contributed by atoms with van der Waals surface area (Å²) in [5.41, 5.74) is 13.0. The van der Waals surface area contributed by atoms with Gasteiger partial charge in [-0.3, -0.25) is 0 Å². The van der Waals surface area contributed by atoms with Gasteiger partial charge in [0.05, 0.1) is 16.4 Å². The van der Waals surface area contributed by atoms with Crippen molar-refractivity contribution in [2.45, 2.75) is 11.8 Å². The van der Waals surface area contributed by atoms with Gasteiger partial charge in [-0.25, -0.2) is 0 Å². The molecule has 0 amide bonds. The fourth-order valence-electron chi connectivity index (χ4n) is 8.33. The van der Waals surface area contributed by atoms with E-state index in [0.717, 1.165) is 22.3 Å². The van der Waals surface area contributed by atoms with Crippen molar-refractivity contribution in [3.05, 3.63) is 205 Å². The SMILES string of the molecule is C#C/C=C\C=C/CC1(c2ccccc2O)c2ccccc2-c2cc3c(cc21)c1ccccc1n3-c1cc(-c2ccccc2)cc(-c2ccccc2)c1. The third-order valence-corrected chi connectivity index (χ3v) is 10.6. The van der Waals surface area contributed by atoms with Crippen LogP contribution >= 0.6 is 0 Å². The monoisotopic (exact) mass is 665 g/mol. The minimum atomic E-state index is -0.622. The molecule has 246 valence electrons. The Kier molecular flexibility index (Phi) is 7.68. The first-order valence-electron chi connectivity index (χ1n) is 17.7. The van der Waals surface area contributed by atoms with Crippen molar-refractivity contribution >= 4 is 21.8 Å². The van der Waals surface area contributed by atoms with Crippen LogP contribution in [-0.4, -0.2) is 9.67 Å². The number of phenolic OH excluding ortho intramolecular Hbond substituents is 1. The molecule has 1 unspecified atom stereocenters. The van der Waals surface area contributed by atoms with Crippen LogP contribution in [-0.2, 0) is 5.41 Å². The zero-order chi connectivity index (χ0) is 35.1. The zero-order valence-electron chi connectivity index (χ0n) is 28.6. The predicted octanol–water partition coefficient (Wildman–Crippen LogP) is 12.3. The van der Waals surface area contributed by atoms with Gasteiger partial charge in [-0.2, -0.15) is 0 Å². The highest BCUT2D eigenvalue weighted by Crippen LogP contribution is 2.57. The van der Waals surface area contributed by atoms with Gasteiger partial charge in [0.15, 0.2) is 0 Å². The molecular weight excluding hydrogens is 631 g/mol. The highest BCUT2D eigenvalue weighted by atomic mass is 16.3. The molecule has 1 heterocycles. The molecule has 52 heavy (non-hydrogen) atoms. The molecule has 9 rings (SSSR count). The third-order valence-electron chi connectivity index (χ3n) is 10.6. The number of fused-ring (bicyclic) bond motifs is 6. The average Bonchev–Trinajstić information content (AvgIpc) is 3.67. The summed E-state index contributed by atoms with van der Waals surface area (Å²) in [5, 5.41) is 13.9. The number of hydrogen-bond donors (Lipinski definition) is 1. The Balaban J connectivity index is 1.36. The van der Waals surface area contributed by atoms with Crippen LogP contribution < -0.4 is 0 Å². The average molecular weight is 666 g/mol. The van der Waals surface area contributed by atoms with Crippen molar-refractivity contribution in [1.82, 2.24) is 4.57 Å². The highest BCUT2D eigenvalue weighted by Gasteiger charge is 2.45. The van der Waals surface area contributed by atoms with Crippen molar-refractivity contribution in [3.8, 4) is 57.2 Å². The summed E-state index contributed by atoms with van der Waals surface area (Å²) in [6.45, 7) is 0. The molecule has 1 atom stereocenters. The maximum absolute atomic E-state index is 11.5. The molecule has 7 aromatic carbocycles. The van der Waals surface area contributed by atoms with Gasteiger partial charge in [0.1, 0.15) is 5.75 Å². The van der Waals surface area contributed by atoms with E-state index in [0.29, 0.717) is 6.42 Å². The minimum absolute atomic E-state index is 0.284. The zero-order valence-corrected chi connectivity index (χ0v) is 28.6. The maximum Gasteiger partial charge on any atom is 0.120 e. The number of aromatic nitrogens is 1. The molecule has 1 aromatic heterocycles. The Morgan fingerprint density at radius 2 is 1.17 bits per heavy atom. The lowest BCUT2D eigenvalue weighted by molar-refractivity contribution is 0.454. The fraction of sp³-hybridized carbons (Fsp3) is 0.0400. The van der Waals surface area contributed by atoms with E-state index >= 15 is 0 Å². The van der Waals surface area contributed by atoms with Gasteiger partial charge >= 0.3 is 0 Å². The van der Waals surface area contributed by atoms with E-state index in [1.54, 1.807) is 12.1 Å². The molecule has 0 saturated carbocycles. The first-order chi connectivity index (χ1) is 25.7. The summed E-state index contributed by atoms with van der Waals surface area (Å²) in [7, 11) is 0. The molecular formula is C50H35NO. The molecule has 8 aromatic rings. The van der Waals surface area contributed by atoms with Gasteiger partial charge in [0, 0.05) is 22.0 Å². The van der Waals surface area contributed by atoms with Crippen LogP contribution in [0.15, 0.2) is 188 Å². The van der Waals surface area contributed by atoms with Gasteiger partial charge in [-0.05, 0) is 99.5 Å². The summed E-state index contributed by atoms with van der Waals surface area (Å²) in [6.07, 6.45) is 13.9. The molecule has 1 N–H and O–H groups in total. The Bertz CT molecular complexity index is 2670. The van der Waals surface area contributed by atoms with E-state index in [1.165, 1.54) is 55.3 Å². The molecule has 0 bridgehead atoms. The van der Waals surface area contributed by atoms with Gasteiger partial charge < -0.3 is 9.67 Å². The first kappa shape index (κ1) is 31.2. The maximum atomic E-state index is 11.5. The second-order valence-electron chi connectivity index (χ2n) is 13.4. The van der Waals surface area contributed by atoms with Crippen molar-refractivity contribution in [2.24, 2.45) is 0 Å². The van der Waals surface area contributed by atoms with Crippen LogP contribution in [0.1, 0.15) is 23.1 Å².